The molecule has 0 aromatic carbocycles. The Hall–Kier alpha value is -1.07. The topological polar surface area (TPSA) is 55.8 Å². The van der Waals surface area contributed by atoms with Gasteiger partial charge in [-0.3, -0.25) is 0 Å². The van der Waals surface area contributed by atoms with Gasteiger partial charge in [-0.05, 0) is 13.0 Å². The summed E-state index contributed by atoms with van der Waals surface area (Å²) in [6.45, 7) is 2.95. The second kappa shape index (κ2) is 5.72. The van der Waals surface area contributed by atoms with E-state index in [1.807, 2.05) is 6.92 Å². The second-order valence-corrected chi connectivity index (χ2v) is 4.31. The summed E-state index contributed by atoms with van der Waals surface area (Å²) in [4.78, 5) is 12.0. The number of methoxy groups -OCH3 is 1. The van der Waals surface area contributed by atoms with E-state index in [2.05, 4.69) is 0 Å². The van der Waals surface area contributed by atoms with Crippen molar-refractivity contribution in [3.63, 3.8) is 0 Å². The summed E-state index contributed by atoms with van der Waals surface area (Å²) in [7, 11) is 1.62. The van der Waals surface area contributed by atoms with Gasteiger partial charge in [0.2, 0.25) is 0 Å². The van der Waals surface area contributed by atoms with E-state index in [1.165, 1.54) is 11.3 Å². The number of ether oxygens (including phenoxy) is 2. The van der Waals surface area contributed by atoms with E-state index in [1.54, 1.807) is 13.2 Å². The monoisotopic (exact) mass is 230 g/mol. The van der Waals surface area contributed by atoms with Crippen molar-refractivity contribution < 1.29 is 19.4 Å². The smallest absolute Gasteiger partial charge is 0.349 e. The standard InChI is InChI=1S/C10H14O4S/c1-7-6-8(9(15-7)10(11)12)14-5-3-4-13-2/h6H,3-5H2,1-2H3,(H,11,12). The van der Waals surface area contributed by atoms with Crippen molar-refractivity contribution in [2.75, 3.05) is 20.3 Å². The Morgan fingerprint density at radius 3 is 2.87 bits per heavy atom. The van der Waals surface area contributed by atoms with Crippen LogP contribution in [0.1, 0.15) is 21.0 Å². The first kappa shape index (κ1) is 12.0. The molecule has 1 aromatic rings. The lowest BCUT2D eigenvalue weighted by Crippen LogP contribution is -2.03. The summed E-state index contributed by atoms with van der Waals surface area (Å²) in [5, 5.41) is 8.89. The van der Waals surface area contributed by atoms with Crippen LogP contribution in [0.2, 0.25) is 0 Å². The molecule has 0 aliphatic heterocycles. The van der Waals surface area contributed by atoms with E-state index in [4.69, 9.17) is 14.6 Å². The largest absolute Gasteiger partial charge is 0.492 e. The highest BCUT2D eigenvalue weighted by molar-refractivity contribution is 7.14. The number of aryl methyl sites for hydroxylation is 1. The zero-order chi connectivity index (χ0) is 11.3. The van der Waals surface area contributed by atoms with Crippen molar-refractivity contribution in [2.45, 2.75) is 13.3 Å². The fourth-order valence-corrected chi connectivity index (χ4v) is 1.93. The number of carbonyl (C=O) groups is 1. The molecule has 1 rings (SSSR count). The third kappa shape index (κ3) is 3.53. The molecule has 15 heavy (non-hydrogen) atoms. The molecule has 0 spiro atoms. The van der Waals surface area contributed by atoms with E-state index in [9.17, 15) is 4.79 Å². The zero-order valence-electron chi connectivity index (χ0n) is 8.78. The molecule has 0 radical (unpaired) electrons. The summed E-state index contributed by atoms with van der Waals surface area (Å²) in [6.07, 6.45) is 0.754. The Balaban J connectivity index is 2.55. The average molecular weight is 230 g/mol. The Labute approximate surface area is 92.4 Å². The van der Waals surface area contributed by atoms with Gasteiger partial charge in [0.1, 0.15) is 5.75 Å². The van der Waals surface area contributed by atoms with Crippen LogP contribution in [0.25, 0.3) is 0 Å². The first-order chi connectivity index (χ1) is 7.15. The Morgan fingerprint density at radius 1 is 1.53 bits per heavy atom. The predicted molar refractivity (Wildman–Crippen MR) is 58.0 cm³/mol. The minimum atomic E-state index is -0.935. The van der Waals surface area contributed by atoms with Crippen LogP contribution < -0.4 is 4.74 Å². The minimum Gasteiger partial charge on any atom is -0.492 e. The second-order valence-electron chi connectivity index (χ2n) is 3.05. The number of thiophene rings is 1. The molecule has 0 aliphatic rings. The van der Waals surface area contributed by atoms with E-state index in [0.717, 1.165) is 11.3 Å². The maximum Gasteiger partial charge on any atom is 0.349 e. The molecule has 0 fully saturated rings. The number of hydrogen-bond acceptors (Lipinski definition) is 4. The first-order valence-corrected chi connectivity index (χ1v) is 5.42. The van der Waals surface area contributed by atoms with E-state index >= 15 is 0 Å². The molecule has 0 saturated heterocycles. The SMILES string of the molecule is COCCCOc1cc(C)sc1C(=O)O. The molecule has 0 amide bonds. The fourth-order valence-electron chi connectivity index (χ4n) is 1.13. The molecule has 0 unspecified atom stereocenters. The summed E-state index contributed by atoms with van der Waals surface area (Å²) < 4.78 is 10.2. The summed E-state index contributed by atoms with van der Waals surface area (Å²) in [5.41, 5.74) is 0. The van der Waals surface area contributed by atoms with E-state index < -0.39 is 5.97 Å². The van der Waals surface area contributed by atoms with Gasteiger partial charge in [0.15, 0.2) is 4.88 Å². The highest BCUT2D eigenvalue weighted by atomic mass is 32.1. The molecule has 84 valence electrons. The number of hydrogen-bond donors (Lipinski definition) is 1. The number of rotatable bonds is 6. The first-order valence-electron chi connectivity index (χ1n) is 4.60. The Bertz CT molecular complexity index is 332. The van der Waals surface area contributed by atoms with Gasteiger partial charge in [0.05, 0.1) is 6.61 Å². The lowest BCUT2D eigenvalue weighted by Gasteiger charge is -2.04. The maximum atomic E-state index is 10.8. The van der Waals surface area contributed by atoms with Gasteiger partial charge in [-0.2, -0.15) is 0 Å². The fraction of sp³-hybridized carbons (Fsp3) is 0.500. The van der Waals surface area contributed by atoms with Crippen LogP contribution in [0.15, 0.2) is 6.07 Å². The molecular weight excluding hydrogens is 216 g/mol. The van der Waals surface area contributed by atoms with Crippen LogP contribution in [0.4, 0.5) is 0 Å². The number of carboxylic acid groups (broad SMARTS) is 1. The molecule has 4 nitrogen and oxygen atoms in total. The highest BCUT2D eigenvalue weighted by Crippen LogP contribution is 2.28. The van der Waals surface area contributed by atoms with Crippen LogP contribution in [-0.4, -0.2) is 31.4 Å². The van der Waals surface area contributed by atoms with Crippen LogP contribution in [0.5, 0.6) is 5.75 Å². The van der Waals surface area contributed by atoms with Gasteiger partial charge in [0.25, 0.3) is 0 Å². The molecule has 1 heterocycles. The molecule has 5 heteroatoms. The number of aromatic carboxylic acids is 1. The van der Waals surface area contributed by atoms with Crippen molar-refractivity contribution in [1.29, 1.82) is 0 Å². The van der Waals surface area contributed by atoms with Crippen molar-refractivity contribution in [1.82, 2.24) is 0 Å². The van der Waals surface area contributed by atoms with Gasteiger partial charge in [-0.1, -0.05) is 0 Å². The molecule has 1 aromatic heterocycles. The van der Waals surface area contributed by atoms with Gasteiger partial charge in [0, 0.05) is 25.0 Å². The van der Waals surface area contributed by atoms with Crippen molar-refractivity contribution in [3.05, 3.63) is 15.8 Å². The molecule has 0 aliphatic carbocycles. The summed E-state index contributed by atoms with van der Waals surface area (Å²) >= 11 is 1.23. The number of carboxylic acids is 1. The Kier molecular flexibility index (Phi) is 4.58. The molecule has 0 bridgehead atoms. The summed E-state index contributed by atoms with van der Waals surface area (Å²) in [5.74, 6) is -0.476. The summed E-state index contributed by atoms with van der Waals surface area (Å²) in [6, 6.07) is 1.75. The third-order valence-corrected chi connectivity index (χ3v) is 2.79. The lowest BCUT2D eigenvalue weighted by atomic mass is 10.4. The highest BCUT2D eigenvalue weighted by Gasteiger charge is 2.14. The molecule has 0 saturated carbocycles. The van der Waals surface area contributed by atoms with E-state index in [-0.39, 0.29) is 4.88 Å². The van der Waals surface area contributed by atoms with Gasteiger partial charge >= 0.3 is 5.97 Å². The molecule has 1 N–H and O–H groups in total. The quantitative estimate of drug-likeness (QED) is 0.761. The van der Waals surface area contributed by atoms with Gasteiger partial charge in [-0.15, -0.1) is 11.3 Å². The van der Waals surface area contributed by atoms with Crippen LogP contribution in [0.3, 0.4) is 0 Å². The van der Waals surface area contributed by atoms with Crippen LogP contribution >= 0.6 is 11.3 Å². The minimum absolute atomic E-state index is 0.268. The average Bonchev–Trinajstić information content (AvgIpc) is 2.55. The normalized spacial score (nSPS) is 10.3. The molecular formula is C10H14O4S. The van der Waals surface area contributed by atoms with Crippen LogP contribution in [-0.2, 0) is 4.74 Å². The zero-order valence-corrected chi connectivity index (χ0v) is 9.60. The van der Waals surface area contributed by atoms with Crippen molar-refractivity contribution >= 4 is 17.3 Å². The maximum absolute atomic E-state index is 10.8. The van der Waals surface area contributed by atoms with Crippen LogP contribution in [0, 0.1) is 6.92 Å². The third-order valence-electron chi connectivity index (χ3n) is 1.77. The van der Waals surface area contributed by atoms with E-state index in [0.29, 0.717) is 19.0 Å². The van der Waals surface area contributed by atoms with Gasteiger partial charge < -0.3 is 14.6 Å². The Morgan fingerprint density at radius 2 is 2.27 bits per heavy atom. The molecule has 0 atom stereocenters. The van der Waals surface area contributed by atoms with Gasteiger partial charge in [-0.25, -0.2) is 4.79 Å². The predicted octanol–water partition coefficient (Wildman–Crippen LogP) is 2.17. The van der Waals surface area contributed by atoms with Crippen molar-refractivity contribution in [3.8, 4) is 5.75 Å². The lowest BCUT2D eigenvalue weighted by molar-refractivity contribution is 0.0697. The van der Waals surface area contributed by atoms with Crippen molar-refractivity contribution in [2.24, 2.45) is 0 Å².